The summed E-state index contributed by atoms with van der Waals surface area (Å²) in [5.41, 5.74) is 0.831. The Labute approximate surface area is 108 Å². The Morgan fingerprint density at radius 2 is 1.72 bits per heavy atom. The summed E-state index contributed by atoms with van der Waals surface area (Å²) in [7, 11) is 0. The molecule has 0 aliphatic heterocycles. The van der Waals surface area contributed by atoms with Gasteiger partial charge in [0, 0.05) is 4.88 Å². The SMILES string of the molecule is Cc1c(C2CCCCC2)sc2[nH]c(=O)c(=O)[nH]c12. The number of rotatable bonds is 1. The van der Waals surface area contributed by atoms with Crippen LogP contribution < -0.4 is 11.1 Å². The lowest BCUT2D eigenvalue weighted by molar-refractivity contribution is 0.447. The number of H-pyrrole nitrogens is 2. The van der Waals surface area contributed by atoms with Gasteiger partial charge in [0.05, 0.1) is 5.52 Å². The first-order chi connectivity index (χ1) is 8.66. The molecule has 4 nitrogen and oxygen atoms in total. The third-order valence-corrected chi connectivity index (χ3v) is 5.20. The van der Waals surface area contributed by atoms with E-state index in [9.17, 15) is 9.59 Å². The smallest absolute Gasteiger partial charge is 0.314 e. The second-order valence-electron chi connectivity index (χ2n) is 5.04. The summed E-state index contributed by atoms with van der Waals surface area (Å²) in [6.45, 7) is 2.04. The molecule has 0 saturated heterocycles. The third kappa shape index (κ3) is 1.82. The molecule has 1 saturated carbocycles. The van der Waals surface area contributed by atoms with Crippen molar-refractivity contribution in [3.05, 3.63) is 31.1 Å². The molecule has 0 bridgehead atoms. The standard InChI is InChI=1S/C13H16N2O2S/c1-7-9-13(15-12(17)11(16)14-9)18-10(7)8-5-3-2-4-6-8/h8H,2-6H2,1H3,(H,14,16)(H,15,17). The number of fused-ring (bicyclic) bond motifs is 1. The highest BCUT2D eigenvalue weighted by atomic mass is 32.1. The van der Waals surface area contributed by atoms with Gasteiger partial charge in [-0.25, -0.2) is 0 Å². The van der Waals surface area contributed by atoms with Crippen molar-refractivity contribution in [1.29, 1.82) is 0 Å². The van der Waals surface area contributed by atoms with Crippen LogP contribution >= 0.6 is 11.3 Å². The Morgan fingerprint density at radius 1 is 1.06 bits per heavy atom. The molecule has 0 amide bonds. The van der Waals surface area contributed by atoms with Crippen molar-refractivity contribution in [2.24, 2.45) is 0 Å². The van der Waals surface area contributed by atoms with E-state index < -0.39 is 11.1 Å². The molecule has 2 N–H and O–H groups in total. The lowest BCUT2D eigenvalue weighted by atomic mass is 9.87. The summed E-state index contributed by atoms with van der Waals surface area (Å²) in [6.07, 6.45) is 6.34. The molecule has 1 aliphatic rings. The topological polar surface area (TPSA) is 65.7 Å². The summed E-state index contributed by atoms with van der Waals surface area (Å²) in [5, 5.41) is 0. The Hall–Kier alpha value is -1.36. The van der Waals surface area contributed by atoms with Gasteiger partial charge in [-0.3, -0.25) is 9.59 Å². The molecule has 1 aliphatic carbocycles. The Kier molecular flexibility index (Phi) is 2.86. The molecular formula is C13H16N2O2S. The summed E-state index contributed by atoms with van der Waals surface area (Å²) >= 11 is 1.63. The number of aromatic amines is 2. The van der Waals surface area contributed by atoms with Crippen molar-refractivity contribution in [2.45, 2.75) is 44.9 Å². The van der Waals surface area contributed by atoms with Crippen LogP contribution in [0.5, 0.6) is 0 Å². The predicted molar refractivity (Wildman–Crippen MR) is 73.6 cm³/mol. The van der Waals surface area contributed by atoms with Gasteiger partial charge in [0.15, 0.2) is 0 Å². The van der Waals surface area contributed by atoms with Gasteiger partial charge in [0.2, 0.25) is 0 Å². The fourth-order valence-electron chi connectivity index (χ4n) is 2.85. The molecule has 3 rings (SSSR count). The van der Waals surface area contributed by atoms with E-state index in [1.54, 1.807) is 11.3 Å². The van der Waals surface area contributed by atoms with Gasteiger partial charge >= 0.3 is 11.1 Å². The molecule has 18 heavy (non-hydrogen) atoms. The maximum atomic E-state index is 11.4. The molecule has 0 unspecified atom stereocenters. The summed E-state index contributed by atoms with van der Waals surface area (Å²) in [6, 6.07) is 0. The number of hydrogen-bond acceptors (Lipinski definition) is 3. The fourth-order valence-corrected chi connectivity index (χ4v) is 4.18. The maximum absolute atomic E-state index is 11.4. The second-order valence-corrected chi connectivity index (χ2v) is 6.09. The number of aryl methyl sites for hydroxylation is 1. The first kappa shape index (κ1) is 11.7. The molecule has 2 aromatic rings. The quantitative estimate of drug-likeness (QED) is 0.778. The largest absolute Gasteiger partial charge is 0.315 e. The van der Waals surface area contributed by atoms with Crippen LogP contribution in [0.15, 0.2) is 9.59 Å². The van der Waals surface area contributed by atoms with E-state index in [-0.39, 0.29) is 0 Å². The summed E-state index contributed by atoms with van der Waals surface area (Å²) in [4.78, 5) is 30.2. The van der Waals surface area contributed by atoms with Crippen molar-refractivity contribution in [3.8, 4) is 0 Å². The van der Waals surface area contributed by atoms with Crippen molar-refractivity contribution < 1.29 is 0 Å². The van der Waals surface area contributed by atoms with E-state index in [1.165, 1.54) is 37.0 Å². The van der Waals surface area contributed by atoms with Crippen LogP contribution in [-0.2, 0) is 0 Å². The van der Waals surface area contributed by atoms with Crippen molar-refractivity contribution in [3.63, 3.8) is 0 Å². The first-order valence-corrected chi connectivity index (χ1v) is 7.24. The number of aromatic nitrogens is 2. The van der Waals surface area contributed by atoms with E-state index in [0.29, 0.717) is 5.92 Å². The fraction of sp³-hybridized carbons (Fsp3) is 0.538. The molecular weight excluding hydrogens is 248 g/mol. The van der Waals surface area contributed by atoms with Gasteiger partial charge in [-0.2, -0.15) is 0 Å². The van der Waals surface area contributed by atoms with Crippen LogP contribution in [0.3, 0.4) is 0 Å². The van der Waals surface area contributed by atoms with E-state index in [4.69, 9.17) is 0 Å². The lowest BCUT2D eigenvalue weighted by Gasteiger charge is -2.20. The van der Waals surface area contributed by atoms with Gasteiger partial charge < -0.3 is 9.97 Å². The molecule has 0 radical (unpaired) electrons. The molecule has 0 spiro atoms. The van der Waals surface area contributed by atoms with Crippen LogP contribution in [0, 0.1) is 6.92 Å². The Morgan fingerprint density at radius 3 is 2.44 bits per heavy atom. The summed E-state index contributed by atoms with van der Waals surface area (Å²) in [5.74, 6) is 0.600. The minimum Gasteiger partial charge on any atom is -0.315 e. The van der Waals surface area contributed by atoms with Crippen LogP contribution in [-0.4, -0.2) is 9.97 Å². The van der Waals surface area contributed by atoms with Crippen molar-refractivity contribution in [1.82, 2.24) is 9.97 Å². The summed E-state index contributed by atoms with van der Waals surface area (Å²) < 4.78 is 0. The number of thiophene rings is 1. The van der Waals surface area contributed by atoms with E-state index in [2.05, 4.69) is 9.97 Å². The Bertz CT molecular complexity index is 689. The van der Waals surface area contributed by atoms with Crippen LogP contribution in [0.1, 0.15) is 48.5 Å². The molecule has 2 heterocycles. The molecule has 1 fully saturated rings. The minimum atomic E-state index is -0.557. The zero-order chi connectivity index (χ0) is 12.7. The minimum absolute atomic E-state index is 0.557. The molecule has 96 valence electrons. The monoisotopic (exact) mass is 264 g/mol. The van der Waals surface area contributed by atoms with E-state index >= 15 is 0 Å². The van der Waals surface area contributed by atoms with Gasteiger partial charge in [0.1, 0.15) is 4.83 Å². The third-order valence-electron chi connectivity index (χ3n) is 3.83. The maximum Gasteiger partial charge on any atom is 0.314 e. The Balaban J connectivity index is 2.16. The number of hydrogen-bond donors (Lipinski definition) is 2. The van der Waals surface area contributed by atoms with E-state index in [1.807, 2.05) is 6.92 Å². The normalized spacial score (nSPS) is 17.4. The highest BCUT2D eigenvalue weighted by Crippen LogP contribution is 2.40. The first-order valence-electron chi connectivity index (χ1n) is 6.42. The highest BCUT2D eigenvalue weighted by molar-refractivity contribution is 7.18. The van der Waals surface area contributed by atoms with E-state index in [0.717, 1.165) is 15.9 Å². The van der Waals surface area contributed by atoms with Gasteiger partial charge in [-0.05, 0) is 31.2 Å². The van der Waals surface area contributed by atoms with Gasteiger partial charge in [0.25, 0.3) is 0 Å². The van der Waals surface area contributed by atoms with Gasteiger partial charge in [-0.15, -0.1) is 11.3 Å². The average Bonchev–Trinajstić information content (AvgIpc) is 2.69. The van der Waals surface area contributed by atoms with Gasteiger partial charge in [-0.1, -0.05) is 19.3 Å². The molecule has 0 atom stereocenters. The molecule has 5 heteroatoms. The second kappa shape index (κ2) is 4.39. The van der Waals surface area contributed by atoms with Crippen LogP contribution in [0.25, 0.3) is 10.3 Å². The molecule has 2 aromatic heterocycles. The number of nitrogens with one attached hydrogen (secondary N) is 2. The molecule has 0 aromatic carbocycles. The zero-order valence-electron chi connectivity index (χ0n) is 10.3. The lowest BCUT2D eigenvalue weighted by Crippen LogP contribution is -2.28. The van der Waals surface area contributed by atoms with Crippen LogP contribution in [0.2, 0.25) is 0 Å². The highest BCUT2D eigenvalue weighted by Gasteiger charge is 2.21. The zero-order valence-corrected chi connectivity index (χ0v) is 11.2. The van der Waals surface area contributed by atoms with Crippen molar-refractivity contribution in [2.75, 3.05) is 0 Å². The average molecular weight is 264 g/mol. The van der Waals surface area contributed by atoms with Crippen LogP contribution in [0.4, 0.5) is 0 Å². The van der Waals surface area contributed by atoms with Crippen molar-refractivity contribution >= 4 is 21.7 Å². The predicted octanol–water partition coefficient (Wildman–Crippen LogP) is 2.63.